The molecule has 39 heavy (non-hydrogen) atoms. The van der Waals surface area contributed by atoms with Crippen LogP contribution in [0.4, 0.5) is 32.2 Å². The second-order valence-corrected chi connectivity index (χ2v) is 11.8. The smallest absolute Gasteiger partial charge is 0.363 e. The van der Waals surface area contributed by atoms with Crippen LogP contribution in [0.25, 0.3) is 10.8 Å². The van der Waals surface area contributed by atoms with Crippen molar-refractivity contribution in [3.05, 3.63) is 76.1 Å². The maximum Gasteiger partial charge on any atom is 0.434 e. The molecule has 0 fully saturated rings. The van der Waals surface area contributed by atoms with Gasteiger partial charge in [0.15, 0.2) is 5.69 Å². The molecule has 3 aromatic heterocycles. The molecule has 0 atom stereocenters. The summed E-state index contributed by atoms with van der Waals surface area (Å²) in [5.41, 5.74) is -3.10. The third kappa shape index (κ3) is 6.65. The minimum atomic E-state index is -4.64. The van der Waals surface area contributed by atoms with Crippen molar-refractivity contribution in [3.63, 3.8) is 0 Å². The van der Waals surface area contributed by atoms with Crippen LogP contribution in [0.1, 0.15) is 35.9 Å². The number of fused-ring (bicyclic) bond motifs is 1. The lowest BCUT2D eigenvalue weighted by Gasteiger charge is -2.25. The number of hydrogen-bond acceptors (Lipinski definition) is 7. The average molecular weight is 590 g/mol. The Bertz CT molecular complexity index is 1600. The molecule has 0 amide bonds. The van der Waals surface area contributed by atoms with Crippen molar-refractivity contribution in [2.75, 3.05) is 11.9 Å². The second kappa shape index (κ2) is 10.4. The normalized spacial score (nSPS) is 13.1. The molecule has 208 valence electrons. The largest absolute Gasteiger partial charge is 0.434 e. The molecular weight excluding hydrogens is 568 g/mol. The van der Waals surface area contributed by atoms with Crippen LogP contribution in [0.15, 0.2) is 58.9 Å². The lowest BCUT2D eigenvalue weighted by Crippen LogP contribution is -2.37. The van der Waals surface area contributed by atoms with E-state index in [0.29, 0.717) is 10.8 Å². The molecule has 3 heterocycles. The monoisotopic (exact) mass is 589 g/mol. The molecule has 7 nitrogen and oxygen atoms in total. The van der Waals surface area contributed by atoms with Gasteiger partial charge in [-0.2, -0.15) is 26.3 Å². The Balaban J connectivity index is 1.54. The Morgan fingerprint density at radius 1 is 0.897 bits per heavy atom. The first kappa shape index (κ1) is 28.7. The molecule has 15 heteroatoms. The van der Waals surface area contributed by atoms with Crippen LogP contribution in [-0.2, 0) is 34.3 Å². The first-order valence-electron chi connectivity index (χ1n) is 11.2. The Kier molecular flexibility index (Phi) is 7.62. The van der Waals surface area contributed by atoms with E-state index in [2.05, 4.69) is 25.0 Å². The predicted octanol–water partition coefficient (Wildman–Crippen LogP) is 5.99. The summed E-state index contributed by atoms with van der Waals surface area (Å²) in [6, 6.07) is 9.33. The average Bonchev–Trinajstić information content (AvgIpc) is 3.35. The summed E-state index contributed by atoms with van der Waals surface area (Å²) in [4.78, 5) is 11.3. The molecule has 0 radical (unpaired) electrons. The number of benzene rings is 1. The molecule has 2 N–H and O–H groups in total. The summed E-state index contributed by atoms with van der Waals surface area (Å²) >= 11 is 0.823. The maximum atomic E-state index is 13.1. The summed E-state index contributed by atoms with van der Waals surface area (Å²) in [7, 11) is -4.12. The van der Waals surface area contributed by atoms with Gasteiger partial charge in [0, 0.05) is 34.6 Å². The van der Waals surface area contributed by atoms with E-state index in [0.717, 1.165) is 22.8 Å². The Labute approximate surface area is 223 Å². The molecule has 4 rings (SSSR count). The lowest BCUT2D eigenvalue weighted by atomic mass is 9.89. The fraction of sp³-hybridized carbons (Fsp3) is 0.292. The first-order chi connectivity index (χ1) is 18.1. The molecule has 0 aliphatic heterocycles. The summed E-state index contributed by atoms with van der Waals surface area (Å²) in [6.45, 7) is 2.81. The number of halogens is 6. The van der Waals surface area contributed by atoms with Gasteiger partial charge >= 0.3 is 12.4 Å². The van der Waals surface area contributed by atoms with Gasteiger partial charge in [-0.05, 0) is 35.7 Å². The van der Waals surface area contributed by atoms with E-state index in [4.69, 9.17) is 0 Å². The van der Waals surface area contributed by atoms with E-state index in [1.807, 2.05) is 0 Å². The summed E-state index contributed by atoms with van der Waals surface area (Å²) in [5.74, 6) is 0.238. The van der Waals surface area contributed by atoms with Gasteiger partial charge in [-0.25, -0.2) is 28.1 Å². The number of anilines is 1. The number of hydrogen-bond donors (Lipinski definition) is 2. The second-order valence-electron chi connectivity index (χ2n) is 9.13. The van der Waals surface area contributed by atoms with Gasteiger partial charge in [0.25, 0.3) is 0 Å². The number of nitrogens with one attached hydrogen (secondary N) is 2. The maximum absolute atomic E-state index is 13.1. The fourth-order valence-electron chi connectivity index (χ4n) is 3.56. The van der Waals surface area contributed by atoms with Crippen LogP contribution in [0.5, 0.6) is 0 Å². The van der Waals surface area contributed by atoms with E-state index in [1.54, 1.807) is 26.0 Å². The molecule has 0 saturated heterocycles. The fourth-order valence-corrected chi connectivity index (χ4v) is 5.53. The van der Waals surface area contributed by atoms with Gasteiger partial charge < -0.3 is 5.32 Å². The molecule has 0 saturated carbocycles. The highest BCUT2D eigenvalue weighted by atomic mass is 32.2. The van der Waals surface area contributed by atoms with Gasteiger partial charge in [-0.3, -0.25) is 0 Å². The van der Waals surface area contributed by atoms with Crippen molar-refractivity contribution >= 4 is 38.0 Å². The topological polar surface area (TPSA) is 96.9 Å². The van der Waals surface area contributed by atoms with Gasteiger partial charge in [0.05, 0.1) is 11.4 Å². The van der Waals surface area contributed by atoms with E-state index < -0.39 is 39.2 Å². The van der Waals surface area contributed by atoms with Crippen LogP contribution >= 0.6 is 11.3 Å². The lowest BCUT2D eigenvalue weighted by molar-refractivity contribution is -0.141. The van der Waals surface area contributed by atoms with Crippen LogP contribution in [-0.4, -0.2) is 29.9 Å². The Morgan fingerprint density at radius 3 is 2.26 bits per heavy atom. The number of aromatic nitrogens is 3. The van der Waals surface area contributed by atoms with Crippen molar-refractivity contribution < 1.29 is 34.8 Å². The third-order valence-electron chi connectivity index (χ3n) is 5.73. The molecule has 4 aromatic rings. The SMILES string of the molecule is CC(C)(CNS(=O)(=O)c1ccc2ccnc(NCc3nc(C(F)(F)F)cs3)c2c1)c1cccc(C(F)(F)F)n1. The summed E-state index contributed by atoms with van der Waals surface area (Å²) < 4.78 is 106. The van der Waals surface area contributed by atoms with Crippen LogP contribution in [0.3, 0.4) is 0 Å². The summed E-state index contributed by atoms with van der Waals surface area (Å²) in [6.07, 6.45) is -7.74. The zero-order chi connectivity index (χ0) is 28.6. The van der Waals surface area contributed by atoms with Gasteiger partial charge in [0.2, 0.25) is 10.0 Å². The molecule has 0 spiro atoms. The number of nitrogens with zero attached hydrogens (tertiary/aromatic N) is 3. The number of rotatable bonds is 8. The number of pyridine rings is 2. The van der Waals surface area contributed by atoms with Gasteiger partial charge in [-0.15, -0.1) is 11.3 Å². The molecule has 0 unspecified atom stereocenters. The van der Waals surface area contributed by atoms with Crippen LogP contribution < -0.4 is 10.0 Å². The van der Waals surface area contributed by atoms with Crippen molar-refractivity contribution in [1.29, 1.82) is 0 Å². The van der Waals surface area contributed by atoms with Gasteiger partial charge in [0.1, 0.15) is 16.5 Å². The zero-order valence-electron chi connectivity index (χ0n) is 20.4. The molecule has 0 aliphatic rings. The molecule has 1 aromatic carbocycles. The highest BCUT2D eigenvalue weighted by Gasteiger charge is 2.35. The van der Waals surface area contributed by atoms with Crippen molar-refractivity contribution in [2.45, 2.75) is 43.1 Å². The van der Waals surface area contributed by atoms with E-state index in [1.165, 1.54) is 30.5 Å². The van der Waals surface area contributed by atoms with Crippen molar-refractivity contribution in [3.8, 4) is 0 Å². The zero-order valence-corrected chi connectivity index (χ0v) is 22.0. The minimum absolute atomic E-state index is 0.0603. The van der Waals surface area contributed by atoms with Crippen molar-refractivity contribution in [1.82, 2.24) is 19.7 Å². The van der Waals surface area contributed by atoms with E-state index in [-0.39, 0.29) is 34.5 Å². The van der Waals surface area contributed by atoms with Crippen molar-refractivity contribution in [2.24, 2.45) is 0 Å². The molecule has 0 aliphatic carbocycles. The van der Waals surface area contributed by atoms with Crippen LogP contribution in [0, 0.1) is 0 Å². The quantitative estimate of drug-likeness (QED) is 0.245. The standard InChI is InChI=1S/C24H21F6N5O2S2/c1-22(2,17-4-3-5-18(34-17)23(25,26)27)13-33-39(36,37)15-7-6-14-8-9-31-21(16(14)10-15)32-11-20-35-19(12-38-20)24(28,29)30/h3-10,12,33H,11,13H2,1-2H3,(H,31,32). The van der Waals surface area contributed by atoms with E-state index in [9.17, 15) is 34.8 Å². The van der Waals surface area contributed by atoms with Gasteiger partial charge in [-0.1, -0.05) is 26.0 Å². The molecular formula is C24H21F6N5O2S2. The minimum Gasteiger partial charge on any atom is -0.363 e. The number of sulfonamides is 1. The molecule has 0 bridgehead atoms. The van der Waals surface area contributed by atoms with Crippen LogP contribution in [0.2, 0.25) is 0 Å². The third-order valence-corrected chi connectivity index (χ3v) is 7.98. The first-order valence-corrected chi connectivity index (χ1v) is 13.6. The number of thiazole rings is 1. The predicted molar refractivity (Wildman–Crippen MR) is 134 cm³/mol. The number of alkyl halides is 6. The highest BCUT2D eigenvalue weighted by Crippen LogP contribution is 2.32. The summed E-state index contributed by atoms with van der Waals surface area (Å²) in [5, 5.41) is 4.98. The van der Waals surface area contributed by atoms with E-state index >= 15 is 0 Å². The Morgan fingerprint density at radius 2 is 1.59 bits per heavy atom. The Hall–Kier alpha value is -3.30. The highest BCUT2D eigenvalue weighted by molar-refractivity contribution is 7.89.